The molecule has 1 saturated carbocycles. The van der Waals surface area contributed by atoms with Crippen molar-refractivity contribution >= 4 is 23.5 Å². The number of hydrogen-bond acceptors (Lipinski definition) is 3. The molecule has 0 spiro atoms. The lowest BCUT2D eigenvalue weighted by atomic mass is 9.88. The first-order valence-electron chi connectivity index (χ1n) is 6.66. The highest BCUT2D eigenvalue weighted by molar-refractivity contribution is 8.00. The lowest BCUT2D eigenvalue weighted by Crippen LogP contribution is -2.45. The molecule has 94 valence electrons. The summed E-state index contributed by atoms with van der Waals surface area (Å²) in [4.78, 5) is 0. The normalized spacial score (nSPS) is 34.1. The largest absolute Gasteiger partial charge is 0.311 e. The van der Waals surface area contributed by atoms with Gasteiger partial charge in [0.25, 0.3) is 0 Å². The van der Waals surface area contributed by atoms with Crippen molar-refractivity contribution in [2.75, 3.05) is 18.6 Å². The standard InChI is InChI=1S/C13H25NS2/c1-11-12(6-9-16-11)14-10-13(15-2)7-4-3-5-8-13/h11-12,14H,3-10H2,1-2H3. The van der Waals surface area contributed by atoms with Crippen molar-refractivity contribution in [2.24, 2.45) is 0 Å². The Labute approximate surface area is 109 Å². The molecule has 0 aromatic carbocycles. The molecule has 1 aliphatic carbocycles. The molecule has 0 radical (unpaired) electrons. The zero-order chi connectivity index (χ0) is 11.4. The summed E-state index contributed by atoms with van der Waals surface area (Å²) >= 11 is 4.24. The van der Waals surface area contributed by atoms with Crippen LogP contribution in [-0.4, -0.2) is 34.6 Å². The van der Waals surface area contributed by atoms with E-state index in [1.165, 1.54) is 50.8 Å². The van der Waals surface area contributed by atoms with Crippen molar-refractivity contribution in [2.45, 2.75) is 61.5 Å². The van der Waals surface area contributed by atoms with Gasteiger partial charge in [-0.2, -0.15) is 23.5 Å². The minimum atomic E-state index is 0.561. The predicted molar refractivity (Wildman–Crippen MR) is 77.7 cm³/mol. The Morgan fingerprint density at radius 2 is 2.06 bits per heavy atom. The Kier molecular flexibility index (Phi) is 4.92. The Morgan fingerprint density at radius 3 is 2.62 bits per heavy atom. The SMILES string of the molecule is CSC1(CNC2CCSC2C)CCCCC1. The van der Waals surface area contributed by atoms with Crippen LogP contribution in [0.25, 0.3) is 0 Å². The maximum Gasteiger partial charge on any atom is 0.0281 e. The van der Waals surface area contributed by atoms with Gasteiger partial charge >= 0.3 is 0 Å². The van der Waals surface area contributed by atoms with Gasteiger partial charge in [-0.25, -0.2) is 0 Å². The molecule has 2 unspecified atom stereocenters. The molecule has 1 saturated heterocycles. The molecule has 1 N–H and O–H groups in total. The summed E-state index contributed by atoms with van der Waals surface area (Å²) in [5, 5.41) is 4.67. The summed E-state index contributed by atoms with van der Waals surface area (Å²) in [6.45, 7) is 3.62. The summed E-state index contributed by atoms with van der Waals surface area (Å²) in [5.74, 6) is 1.35. The number of thioether (sulfide) groups is 2. The molecule has 3 heteroatoms. The molecule has 1 heterocycles. The lowest BCUT2D eigenvalue weighted by molar-refractivity contribution is 0.360. The highest BCUT2D eigenvalue weighted by Gasteiger charge is 2.33. The molecular formula is C13H25NS2. The second-order valence-electron chi connectivity index (χ2n) is 5.30. The summed E-state index contributed by atoms with van der Waals surface area (Å²) in [6, 6.07) is 0.774. The maximum absolute atomic E-state index is 3.85. The molecule has 2 aliphatic rings. The molecule has 0 aromatic heterocycles. The van der Waals surface area contributed by atoms with Crippen LogP contribution >= 0.6 is 23.5 Å². The molecule has 0 amide bonds. The fraction of sp³-hybridized carbons (Fsp3) is 1.00. The van der Waals surface area contributed by atoms with E-state index in [1.54, 1.807) is 0 Å². The molecule has 0 aromatic rings. The van der Waals surface area contributed by atoms with E-state index in [2.05, 4.69) is 42.0 Å². The van der Waals surface area contributed by atoms with Gasteiger partial charge < -0.3 is 5.32 Å². The van der Waals surface area contributed by atoms with E-state index in [9.17, 15) is 0 Å². The summed E-state index contributed by atoms with van der Waals surface area (Å²) < 4.78 is 0.561. The van der Waals surface area contributed by atoms with Gasteiger partial charge in [-0.1, -0.05) is 26.2 Å². The van der Waals surface area contributed by atoms with Gasteiger partial charge in [0.15, 0.2) is 0 Å². The third-order valence-corrected chi connectivity index (χ3v) is 7.00. The zero-order valence-electron chi connectivity index (χ0n) is 10.6. The van der Waals surface area contributed by atoms with E-state index in [4.69, 9.17) is 0 Å². The molecule has 2 rings (SSSR count). The van der Waals surface area contributed by atoms with Gasteiger partial charge in [0.2, 0.25) is 0 Å². The van der Waals surface area contributed by atoms with Crippen molar-refractivity contribution < 1.29 is 0 Å². The summed E-state index contributed by atoms with van der Waals surface area (Å²) in [6.07, 6.45) is 10.9. The number of nitrogens with one attached hydrogen (secondary N) is 1. The lowest BCUT2D eigenvalue weighted by Gasteiger charge is -2.37. The van der Waals surface area contributed by atoms with E-state index in [0.29, 0.717) is 4.75 Å². The summed E-state index contributed by atoms with van der Waals surface area (Å²) in [5.41, 5.74) is 0. The molecule has 1 nitrogen and oxygen atoms in total. The van der Waals surface area contributed by atoms with E-state index in [1.807, 2.05) is 0 Å². The van der Waals surface area contributed by atoms with Gasteiger partial charge in [0, 0.05) is 22.6 Å². The van der Waals surface area contributed by atoms with Crippen LogP contribution in [0.1, 0.15) is 45.4 Å². The van der Waals surface area contributed by atoms with Gasteiger partial charge in [-0.05, 0) is 31.3 Å². The van der Waals surface area contributed by atoms with Crippen molar-refractivity contribution in [3.8, 4) is 0 Å². The minimum Gasteiger partial charge on any atom is -0.311 e. The van der Waals surface area contributed by atoms with E-state index in [0.717, 1.165) is 11.3 Å². The molecule has 1 aliphatic heterocycles. The predicted octanol–water partition coefficient (Wildman–Crippen LogP) is 3.54. The van der Waals surface area contributed by atoms with Crippen LogP contribution in [0, 0.1) is 0 Å². The second-order valence-corrected chi connectivity index (χ2v) is 8.06. The Morgan fingerprint density at radius 1 is 1.31 bits per heavy atom. The number of rotatable bonds is 4. The third-order valence-electron chi connectivity index (χ3n) is 4.26. The zero-order valence-corrected chi connectivity index (χ0v) is 12.3. The van der Waals surface area contributed by atoms with Crippen LogP contribution in [0.4, 0.5) is 0 Å². The van der Waals surface area contributed by atoms with Crippen LogP contribution in [-0.2, 0) is 0 Å². The fourth-order valence-corrected chi connectivity index (χ4v) is 5.12. The minimum absolute atomic E-state index is 0.561. The summed E-state index contributed by atoms with van der Waals surface area (Å²) in [7, 11) is 0. The van der Waals surface area contributed by atoms with Crippen molar-refractivity contribution in [1.29, 1.82) is 0 Å². The van der Waals surface area contributed by atoms with E-state index < -0.39 is 0 Å². The molecular weight excluding hydrogens is 234 g/mol. The van der Waals surface area contributed by atoms with Gasteiger partial charge in [0.1, 0.15) is 0 Å². The van der Waals surface area contributed by atoms with E-state index in [-0.39, 0.29) is 0 Å². The first-order chi connectivity index (χ1) is 7.76. The van der Waals surface area contributed by atoms with Crippen LogP contribution < -0.4 is 5.32 Å². The molecule has 0 bridgehead atoms. The van der Waals surface area contributed by atoms with Gasteiger partial charge in [-0.15, -0.1) is 0 Å². The van der Waals surface area contributed by atoms with Crippen molar-refractivity contribution in [1.82, 2.24) is 5.32 Å². The maximum atomic E-state index is 3.85. The highest BCUT2D eigenvalue weighted by Crippen LogP contribution is 2.38. The average Bonchev–Trinajstić information content (AvgIpc) is 2.74. The first kappa shape index (κ1) is 13.1. The average molecular weight is 259 g/mol. The Hall–Kier alpha value is 0.660. The van der Waals surface area contributed by atoms with Crippen LogP contribution in [0.3, 0.4) is 0 Å². The fourth-order valence-electron chi connectivity index (χ4n) is 2.97. The monoisotopic (exact) mass is 259 g/mol. The van der Waals surface area contributed by atoms with Gasteiger partial charge in [-0.3, -0.25) is 0 Å². The topological polar surface area (TPSA) is 12.0 Å². The third kappa shape index (κ3) is 3.11. The van der Waals surface area contributed by atoms with Gasteiger partial charge in [0.05, 0.1) is 0 Å². The smallest absolute Gasteiger partial charge is 0.0281 e. The highest BCUT2D eigenvalue weighted by atomic mass is 32.2. The Bertz CT molecular complexity index is 214. The molecule has 2 fully saturated rings. The number of hydrogen-bond donors (Lipinski definition) is 1. The molecule has 2 atom stereocenters. The van der Waals surface area contributed by atoms with Crippen molar-refractivity contribution in [3.63, 3.8) is 0 Å². The van der Waals surface area contributed by atoms with Crippen LogP contribution in [0.15, 0.2) is 0 Å². The van der Waals surface area contributed by atoms with Crippen molar-refractivity contribution in [3.05, 3.63) is 0 Å². The second kappa shape index (κ2) is 6.01. The molecule has 16 heavy (non-hydrogen) atoms. The Balaban J connectivity index is 1.82. The van der Waals surface area contributed by atoms with E-state index >= 15 is 0 Å². The quantitative estimate of drug-likeness (QED) is 0.829. The first-order valence-corrected chi connectivity index (χ1v) is 8.93. The van der Waals surface area contributed by atoms with Crippen LogP contribution in [0.2, 0.25) is 0 Å². The van der Waals surface area contributed by atoms with Crippen LogP contribution in [0.5, 0.6) is 0 Å².